The maximum atomic E-state index is 14.3. The Balaban J connectivity index is 1.66. The van der Waals surface area contributed by atoms with Crippen LogP contribution in [0.4, 0.5) is 5.69 Å². The molecule has 0 fully saturated rings. The molecular formula is C31H32N6O3. The molecule has 5 rings (SSSR count). The first-order chi connectivity index (χ1) is 19.3. The van der Waals surface area contributed by atoms with Crippen LogP contribution in [0, 0.1) is 0 Å². The molecule has 2 heterocycles. The summed E-state index contributed by atoms with van der Waals surface area (Å²) in [4.78, 5) is 34.4. The summed E-state index contributed by atoms with van der Waals surface area (Å²) in [7, 11) is 1.57. The second-order valence-electron chi connectivity index (χ2n) is 10.3. The first-order valence-corrected chi connectivity index (χ1v) is 13.2. The zero-order valence-corrected chi connectivity index (χ0v) is 23.0. The molecule has 0 aliphatic heterocycles. The van der Waals surface area contributed by atoms with E-state index >= 15 is 0 Å². The Hall–Kier alpha value is -4.79. The summed E-state index contributed by atoms with van der Waals surface area (Å²) in [6, 6.07) is 23.0. The van der Waals surface area contributed by atoms with Crippen LogP contribution in [0.5, 0.6) is 5.75 Å². The van der Waals surface area contributed by atoms with Gasteiger partial charge in [0.25, 0.3) is 0 Å². The lowest BCUT2D eigenvalue weighted by molar-refractivity contribution is -0.128. The predicted molar refractivity (Wildman–Crippen MR) is 155 cm³/mol. The number of fused-ring (bicyclic) bond motifs is 2. The van der Waals surface area contributed by atoms with Crippen molar-refractivity contribution in [3.8, 4) is 5.75 Å². The zero-order chi connectivity index (χ0) is 28.3. The molecule has 5 aromatic rings. The highest BCUT2D eigenvalue weighted by atomic mass is 16.5. The molecule has 0 spiro atoms. The summed E-state index contributed by atoms with van der Waals surface area (Å²) in [6.07, 6.45) is 2.44. The normalized spacial score (nSPS) is 12.3. The molecule has 2 aromatic heterocycles. The fraction of sp³-hybridized carbons (Fsp3) is 0.258. The summed E-state index contributed by atoms with van der Waals surface area (Å²) >= 11 is 0. The lowest BCUT2D eigenvalue weighted by Crippen LogP contribution is -2.51. The molecule has 2 amide bonds. The van der Waals surface area contributed by atoms with E-state index in [-0.39, 0.29) is 18.4 Å². The molecule has 9 heteroatoms. The van der Waals surface area contributed by atoms with E-state index in [0.29, 0.717) is 28.9 Å². The van der Waals surface area contributed by atoms with Crippen LogP contribution in [0.25, 0.3) is 21.9 Å². The third-order valence-corrected chi connectivity index (χ3v) is 7.10. The minimum Gasteiger partial charge on any atom is -0.497 e. The van der Waals surface area contributed by atoms with Crippen LogP contribution in [0.1, 0.15) is 38.8 Å². The fourth-order valence-corrected chi connectivity index (χ4v) is 4.61. The lowest BCUT2D eigenvalue weighted by atomic mass is 9.97. The molecule has 1 N–H and O–H groups in total. The van der Waals surface area contributed by atoms with Gasteiger partial charge in [-0.15, -0.1) is 5.10 Å². The average Bonchev–Trinajstić information content (AvgIpc) is 3.37. The number of amides is 2. The van der Waals surface area contributed by atoms with Crippen molar-refractivity contribution in [1.29, 1.82) is 0 Å². The molecule has 0 aliphatic carbocycles. The number of methoxy groups -OCH3 is 1. The van der Waals surface area contributed by atoms with Crippen molar-refractivity contribution in [2.24, 2.45) is 0 Å². The van der Waals surface area contributed by atoms with Crippen molar-refractivity contribution in [2.45, 2.75) is 45.3 Å². The smallest absolute Gasteiger partial charge is 0.249 e. The minimum atomic E-state index is -0.982. The van der Waals surface area contributed by atoms with Gasteiger partial charge in [-0.3, -0.25) is 19.5 Å². The third-order valence-electron chi connectivity index (χ3n) is 7.10. The molecule has 204 valence electrons. The van der Waals surface area contributed by atoms with Crippen molar-refractivity contribution in [3.63, 3.8) is 0 Å². The zero-order valence-electron chi connectivity index (χ0n) is 23.0. The predicted octanol–water partition coefficient (Wildman–Crippen LogP) is 5.07. The van der Waals surface area contributed by atoms with Gasteiger partial charge in [0, 0.05) is 28.9 Å². The molecule has 0 bridgehead atoms. The largest absolute Gasteiger partial charge is 0.497 e. The Bertz CT molecular complexity index is 1680. The fourth-order valence-electron chi connectivity index (χ4n) is 4.61. The van der Waals surface area contributed by atoms with Crippen molar-refractivity contribution in [3.05, 3.63) is 90.6 Å². The summed E-state index contributed by atoms with van der Waals surface area (Å²) in [6.45, 7) is 5.82. The second kappa shape index (κ2) is 11.1. The average molecular weight is 537 g/mol. The topological polar surface area (TPSA) is 102 Å². The number of nitrogens with zero attached hydrogens (tertiary/aromatic N) is 5. The molecule has 0 aliphatic rings. The number of hydrogen-bond acceptors (Lipinski definition) is 6. The first kappa shape index (κ1) is 26.8. The maximum Gasteiger partial charge on any atom is 0.249 e. The van der Waals surface area contributed by atoms with Crippen molar-refractivity contribution < 1.29 is 14.3 Å². The maximum absolute atomic E-state index is 14.3. The van der Waals surface area contributed by atoms with E-state index in [1.165, 1.54) is 4.90 Å². The molecule has 40 heavy (non-hydrogen) atoms. The number of ether oxygens (including phenoxy) is 1. The van der Waals surface area contributed by atoms with Crippen LogP contribution in [0.15, 0.2) is 85.1 Å². The molecule has 9 nitrogen and oxygen atoms in total. The molecule has 0 radical (unpaired) electrons. The van der Waals surface area contributed by atoms with Crippen LogP contribution in [0.3, 0.4) is 0 Å². The highest BCUT2D eigenvalue weighted by Gasteiger charge is 2.35. The number of aromatic nitrogens is 4. The summed E-state index contributed by atoms with van der Waals surface area (Å²) in [5.74, 6) is -0.0587. The third kappa shape index (κ3) is 5.49. The lowest BCUT2D eigenvalue weighted by Gasteiger charge is -2.35. The summed E-state index contributed by atoms with van der Waals surface area (Å²) in [5.41, 5.74) is 2.90. The van der Waals surface area contributed by atoms with Crippen molar-refractivity contribution >= 4 is 39.4 Å². The number of benzene rings is 3. The van der Waals surface area contributed by atoms with Crippen molar-refractivity contribution in [2.75, 3.05) is 12.0 Å². The molecule has 1 atom stereocenters. The standard InChI is InChI=1S/C31H32N6O3/c1-5-31(2,3)33-30(39)29(22-15-16-25-21(18-22)10-9-17-32-25)37(23-11-8-12-24(19-23)40-4)28(38)20-36-27-14-7-6-13-26(27)34-35-36/h6-19,29H,5,20H2,1-4H3,(H,33,39). The number of nitrogens with one attached hydrogen (secondary N) is 1. The van der Waals surface area contributed by atoms with E-state index in [2.05, 4.69) is 20.6 Å². The SMILES string of the molecule is CCC(C)(C)NC(=O)C(c1ccc2ncccc2c1)N(C(=O)Cn1nnc2ccccc21)c1cccc(OC)c1. The van der Waals surface area contributed by atoms with Gasteiger partial charge in [-0.2, -0.15) is 0 Å². The van der Waals surface area contributed by atoms with Crippen molar-refractivity contribution in [1.82, 2.24) is 25.3 Å². The number of rotatable bonds is 9. The second-order valence-corrected chi connectivity index (χ2v) is 10.3. The van der Waals surface area contributed by atoms with E-state index in [9.17, 15) is 9.59 Å². The van der Waals surface area contributed by atoms with Gasteiger partial charge in [0.2, 0.25) is 11.8 Å². The Morgan fingerprint density at radius 2 is 1.82 bits per heavy atom. The number of pyridine rings is 1. The van der Waals surface area contributed by atoms with Gasteiger partial charge in [0.1, 0.15) is 23.9 Å². The van der Waals surface area contributed by atoms with E-state index in [1.807, 2.05) is 75.4 Å². The van der Waals surface area contributed by atoms with Crippen LogP contribution >= 0.6 is 0 Å². The number of para-hydroxylation sites is 1. The monoisotopic (exact) mass is 536 g/mol. The number of carbonyl (C=O) groups is 2. The van der Waals surface area contributed by atoms with E-state index in [4.69, 9.17) is 4.74 Å². The number of carbonyl (C=O) groups excluding carboxylic acids is 2. The number of hydrogen-bond donors (Lipinski definition) is 1. The highest BCUT2D eigenvalue weighted by Crippen LogP contribution is 2.33. The molecule has 0 saturated carbocycles. The van der Waals surface area contributed by atoms with Gasteiger partial charge in [-0.25, -0.2) is 4.68 Å². The summed E-state index contributed by atoms with van der Waals surface area (Å²) in [5, 5.41) is 12.4. The molecule has 3 aromatic carbocycles. The Labute approximate surface area is 232 Å². The Morgan fingerprint density at radius 3 is 2.62 bits per heavy atom. The van der Waals surface area contributed by atoms with Crippen LogP contribution in [-0.2, 0) is 16.1 Å². The minimum absolute atomic E-state index is 0.117. The molecule has 1 unspecified atom stereocenters. The van der Waals surface area contributed by atoms with Gasteiger partial charge < -0.3 is 10.1 Å². The van der Waals surface area contributed by atoms with E-state index in [0.717, 1.165) is 16.4 Å². The molecule has 0 saturated heterocycles. The van der Waals surface area contributed by atoms with E-state index in [1.54, 1.807) is 42.3 Å². The van der Waals surface area contributed by atoms with Crippen LogP contribution in [-0.4, -0.2) is 44.4 Å². The Kier molecular flexibility index (Phi) is 7.46. The van der Waals surface area contributed by atoms with Gasteiger partial charge in [0.15, 0.2) is 0 Å². The van der Waals surface area contributed by atoms with Crippen LogP contribution in [0.2, 0.25) is 0 Å². The molecular weight excluding hydrogens is 504 g/mol. The Morgan fingerprint density at radius 1 is 1.00 bits per heavy atom. The van der Waals surface area contributed by atoms with Gasteiger partial charge in [-0.1, -0.05) is 42.5 Å². The van der Waals surface area contributed by atoms with Gasteiger partial charge in [-0.05, 0) is 68.3 Å². The van der Waals surface area contributed by atoms with Gasteiger partial charge in [0.05, 0.1) is 18.1 Å². The summed E-state index contributed by atoms with van der Waals surface area (Å²) < 4.78 is 7.03. The van der Waals surface area contributed by atoms with Crippen LogP contribution < -0.4 is 15.0 Å². The van der Waals surface area contributed by atoms with E-state index < -0.39 is 11.6 Å². The highest BCUT2D eigenvalue weighted by molar-refractivity contribution is 6.02. The van der Waals surface area contributed by atoms with Gasteiger partial charge >= 0.3 is 0 Å². The quantitative estimate of drug-likeness (QED) is 0.282. The first-order valence-electron chi connectivity index (χ1n) is 13.2. The number of anilines is 1.